The predicted octanol–water partition coefficient (Wildman–Crippen LogP) is 3.51. The summed E-state index contributed by atoms with van der Waals surface area (Å²) in [5.74, 6) is -0.592. The summed E-state index contributed by atoms with van der Waals surface area (Å²) in [7, 11) is -3.32. The van der Waals surface area contributed by atoms with Crippen LogP contribution in [0.15, 0.2) is 52.9 Å². The van der Waals surface area contributed by atoms with Crippen molar-refractivity contribution in [2.45, 2.75) is 25.1 Å². The van der Waals surface area contributed by atoms with E-state index in [4.69, 9.17) is 4.42 Å². The lowest BCUT2D eigenvalue weighted by molar-refractivity contribution is 0.0924. The van der Waals surface area contributed by atoms with Crippen molar-refractivity contribution in [1.29, 1.82) is 0 Å². The van der Waals surface area contributed by atoms with Gasteiger partial charge >= 0.3 is 0 Å². The minimum absolute atomic E-state index is 0.0605. The Morgan fingerprint density at radius 1 is 1.07 bits per heavy atom. The fourth-order valence-corrected chi connectivity index (χ4v) is 4.56. The summed E-state index contributed by atoms with van der Waals surface area (Å²) >= 11 is 0. The van der Waals surface area contributed by atoms with Crippen molar-refractivity contribution < 1.29 is 17.6 Å². The van der Waals surface area contributed by atoms with Crippen molar-refractivity contribution in [2.24, 2.45) is 0 Å². The monoisotopic (exact) mass is 412 g/mol. The maximum absolute atomic E-state index is 12.8. The molecule has 1 aliphatic heterocycles. The fourth-order valence-electron chi connectivity index (χ4n) is 3.75. The number of carbonyl (C=O) groups excluding carboxylic acids is 1. The summed E-state index contributed by atoms with van der Waals surface area (Å²) in [5.41, 5.74) is 3.09. The first-order chi connectivity index (χ1) is 13.9. The molecule has 2 aromatic carbocycles. The van der Waals surface area contributed by atoms with Crippen LogP contribution >= 0.6 is 0 Å². The van der Waals surface area contributed by atoms with Gasteiger partial charge in [-0.25, -0.2) is 8.42 Å². The molecule has 0 atom stereocenters. The van der Waals surface area contributed by atoms with E-state index < -0.39 is 15.7 Å². The first-order valence-corrected chi connectivity index (χ1v) is 11.8. The second kappa shape index (κ2) is 7.91. The van der Waals surface area contributed by atoms with Gasteiger partial charge in [-0.2, -0.15) is 0 Å². The zero-order valence-corrected chi connectivity index (χ0v) is 17.2. The number of furan rings is 1. The van der Waals surface area contributed by atoms with Gasteiger partial charge < -0.3 is 14.6 Å². The molecule has 0 unspecified atom stereocenters. The standard InChI is InChI=1S/C22H24N2O4S/c1-29(26,27)15-19-18-6-2-3-7-20(18)28-21(19)22(25)23-14-16-8-10-17(11-9-16)24-12-4-5-13-24/h2-3,6-11H,4-5,12-15H2,1H3,(H,23,25). The average Bonchev–Trinajstić information content (AvgIpc) is 3.34. The second-order valence-corrected chi connectivity index (χ2v) is 9.66. The molecule has 1 aromatic heterocycles. The number of nitrogens with zero attached hydrogens (tertiary/aromatic N) is 1. The molecule has 6 nitrogen and oxygen atoms in total. The lowest BCUT2D eigenvalue weighted by atomic mass is 10.1. The average molecular weight is 413 g/mol. The number of rotatable bonds is 6. The van der Waals surface area contributed by atoms with Gasteiger partial charge in [-0.3, -0.25) is 4.79 Å². The minimum atomic E-state index is -3.32. The van der Waals surface area contributed by atoms with Gasteiger partial charge in [0, 0.05) is 42.5 Å². The summed E-state index contributed by atoms with van der Waals surface area (Å²) in [5, 5.41) is 3.50. The summed E-state index contributed by atoms with van der Waals surface area (Å²) in [6, 6.07) is 15.2. The number of fused-ring (bicyclic) bond motifs is 1. The smallest absolute Gasteiger partial charge is 0.287 e. The maximum atomic E-state index is 12.8. The molecule has 0 aliphatic carbocycles. The molecule has 3 aromatic rings. The van der Waals surface area contributed by atoms with E-state index >= 15 is 0 Å². The van der Waals surface area contributed by atoms with E-state index in [0.29, 0.717) is 23.1 Å². The molecule has 0 saturated carbocycles. The van der Waals surface area contributed by atoms with Crippen molar-refractivity contribution in [3.05, 3.63) is 65.4 Å². The predicted molar refractivity (Wildman–Crippen MR) is 114 cm³/mol. The van der Waals surface area contributed by atoms with Crippen molar-refractivity contribution in [2.75, 3.05) is 24.2 Å². The van der Waals surface area contributed by atoms with Crippen LogP contribution in [0.3, 0.4) is 0 Å². The zero-order chi connectivity index (χ0) is 20.4. The molecule has 0 radical (unpaired) electrons. The quantitative estimate of drug-likeness (QED) is 0.670. The highest BCUT2D eigenvalue weighted by atomic mass is 32.2. The number of nitrogens with one attached hydrogen (secondary N) is 1. The molecule has 7 heteroatoms. The topological polar surface area (TPSA) is 79.6 Å². The van der Waals surface area contributed by atoms with E-state index in [2.05, 4.69) is 22.3 Å². The molecule has 2 heterocycles. The van der Waals surface area contributed by atoms with E-state index in [1.807, 2.05) is 12.1 Å². The zero-order valence-electron chi connectivity index (χ0n) is 16.3. The first kappa shape index (κ1) is 19.5. The van der Waals surface area contributed by atoms with Crippen LogP contribution < -0.4 is 10.2 Å². The largest absolute Gasteiger partial charge is 0.451 e. The van der Waals surface area contributed by atoms with Crippen molar-refractivity contribution >= 4 is 32.4 Å². The molecule has 29 heavy (non-hydrogen) atoms. The van der Waals surface area contributed by atoms with E-state index in [1.165, 1.54) is 18.5 Å². The Morgan fingerprint density at radius 2 is 1.76 bits per heavy atom. The highest BCUT2D eigenvalue weighted by molar-refractivity contribution is 7.89. The van der Waals surface area contributed by atoms with Gasteiger partial charge in [-0.15, -0.1) is 0 Å². The van der Waals surface area contributed by atoms with Gasteiger partial charge in [0.05, 0.1) is 5.75 Å². The minimum Gasteiger partial charge on any atom is -0.451 e. The maximum Gasteiger partial charge on any atom is 0.287 e. The molecule has 152 valence electrons. The van der Waals surface area contributed by atoms with Gasteiger partial charge in [0.2, 0.25) is 0 Å². The van der Waals surface area contributed by atoms with Crippen LogP contribution in [-0.2, 0) is 22.1 Å². The Balaban J connectivity index is 1.51. The third-order valence-corrected chi connectivity index (χ3v) is 5.98. The molecule has 1 N–H and O–H groups in total. The Bertz CT molecular complexity index is 1130. The van der Waals surface area contributed by atoms with Crippen LogP contribution in [0.1, 0.15) is 34.5 Å². The number of para-hydroxylation sites is 1. The molecular weight excluding hydrogens is 388 g/mol. The normalized spacial score (nSPS) is 14.4. The van der Waals surface area contributed by atoms with E-state index in [-0.39, 0.29) is 11.5 Å². The molecule has 1 aliphatic rings. The lowest BCUT2D eigenvalue weighted by Gasteiger charge is -2.17. The molecule has 1 saturated heterocycles. The van der Waals surface area contributed by atoms with Crippen molar-refractivity contribution in [1.82, 2.24) is 5.32 Å². The Morgan fingerprint density at radius 3 is 2.45 bits per heavy atom. The number of hydrogen-bond donors (Lipinski definition) is 1. The van der Waals surface area contributed by atoms with Gasteiger partial charge in [0.25, 0.3) is 5.91 Å². The lowest BCUT2D eigenvalue weighted by Crippen LogP contribution is -2.24. The highest BCUT2D eigenvalue weighted by Crippen LogP contribution is 2.27. The number of benzene rings is 2. The fraction of sp³-hybridized carbons (Fsp3) is 0.318. The summed E-state index contributed by atoms with van der Waals surface area (Å²) in [6.45, 7) is 2.52. The summed E-state index contributed by atoms with van der Waals surface area (Å²) in [4.78, 5) is 15.1. The third kappa shape index (κ3) is 4.45. The van der Waals surface area contributed by atoms with Crippen LogP contribution in [0.4, 0.5) is 5.69 Å². The summed E-state index contributed by atoms with van der Waals surface area (Å²) < 4.78 is 29.4. The molecule has 0 spiro atoms. The number of sulfone groups is 1. The van der Waals surface area contributed by atoms with E-state index in [1.54, 1.807) is 24.3 Å². The van der Waals surface area contributed by atoms with E-state index in [0.717, 1.165) is 24.9 Å². The van der Waals surface area contributed by atoms with Crippen molar-refractivity contribution in [3.8, 4) is 0 Å². The molecular formula is C22H24N2O4S. The Labute approximate surface area is 170 Å². The van der Waals surface area contributed by atoms with Crippen LogP contribution in [0, 0.1) is 0 Å². The van der Waals surface area contributed by atoms with E-state index in [9.17, 15) is 13.2 Å². The van der Waals surface area contributed by atoms with Crippen LogP contribution in [0.2, 0.25) is 0 Å². The number of amides is 1. The molecule has 1 fully saturated rings. The van der Waals surface area contributed by atoms with Crippen LogP contribution in [-0.4, -0.2) is 33.7 Å². The Kier molecular flexibility index (Phi) is 5.32. The first-order valence-electron chi connectivity index (χ1n) is 9.71. The molecule has 0 bridgehead atoms. The van der Waals surface area contributed by atoms with Gasteiger partial charge in [0.15, 0.2) is 15.6 Å². The van der Waals surface area contributed by atoms with Crippen LogP contribution in [0.25, 0.3) is 11.0 Å². The van der Waals surface area contributed by atoms with Crippen LogP contribution in [0.5, 0.6) is 0 Å². The highest BCUT2D eigenvalue weighted by Gasteiger charge is 2.23. The second-order valence-electron chi connectivity index (χ2n) is 7.52. The third-order valence-electron chi connectivity index (χ3n) is 5.17. The van der Waals surface area contributed by atoms with Gasteiger partial charge in [0.1, 0.15) is 5.58 Å². The summed E-state index contributed by atoms with van der Waals surface area (Å²) in [6.07, 6.45) is 3.61. The van der Waals surface area contributed by atoms with Crippen molar-refractivity contribution in [3.63, 3.8) is 0 Å². The number of hydrogen-bond acceptors (Lipinski definition) is 5. The number of anilines is 1. The number of carbonyl (C=O) groups is 1. The van der Waals surface area contributed by atoms with Gasteiger partial charge in [-0.1, -0.05) is 30.3 Å². The molecule has 1 amide bonds. The SMILES string of the molecule is CS(=O)(=O)Cc1c(C(=O)NCc2ccc(N3CCCC3)cc2)oc2ccccc12. The van der Waals surface area contributed by atoms with Gasteiger partial charge in [-0.05, 0) is 36.6 Å². The Hall–Kier alpha value is -2.80. The molecule has 4 rings (SSSR count).